The van der Waals surface area contributed by atoms with Gasteiger partial charge in [-0.1, -0.05) is 45.2 Å². The summed E-state index contributed by atoms with van der Waals surface area (Å²) < 4.78 is 0. The number of aromatic nitrogens is 2. The van der Waals surface area contributed by atoms with Crippen molar-refractivity contribution in [3.63, 3.8) is 0 Å². The van der Waals surface area contributed by atoms with Crippen LogP contribution in [-0.2, 0) is 5.41 Å². The van der Waals surface area contributed by atoms with Crippen LogP contribution in [0.3, 0.4) is 0 Å². The SMILES string of the molecule is CC1(Nc2cc(Cl)nc(C(C)(C)C)n2)CCCC1. The number of halogens is 1. The van der Waals surface area contributed by atoms with Crippen LogP contribution in [0.4, 0.5) is 5.82 Å². The lowest BCUT2D eigenvalue weighted by Crippen LogP contribution is -2.31. The van der Waals surface area contributed by atoms with Crippen molar-refractivity contribution in [2.75, 3.05) is 5.32 Å². The standard InChI is InChI=1S/C14H22ClN3/c1-13(2,3)12-16-10(15)9-11(17-12)18-14(4)7-5-6-8-14/h9H,5-8H2,1-4H3,(H,16,17,18). The first-order chi connectivity index (χ1) is 8.28. The minimum absolute atomic E-state index is 0.0854. The third kappa shape index (κ3) is 3.14. The highest BCUT2D eigenvalue weighted by atomic mass is 35.5. The predicted molar refractivity (Wildman–Crippen MR) is 76.2 cm³/mol. The van der Waals surface area contributed by atoms with E-state index in [1.807, 2.05) is 6.07 Å². The van der Waals surface area contributed by atoms with Crippen molar-refractivity contribution in [1.29, 1.82) is 0 Å². The van der Waals surface area contributed by atoms with E-state index in [4.69, 9.17) is 11.6 Å². The van der Waals surface area contributed by atoms with Crippen molar-refractivity contribution in [2.45, 2.75) is 64.3 Å². The van der Waals surface area contributed by atoms with Crippen molar-refractivity contribution in [3.8, 4) is 0 Å². The van der Waals surface area contributed by atoms with E-state index in [0.717, 1.165) is 11.6 Å². The summed E-state index contributed by atoms with van der Waals surface area (Å²) in [7, 11) is 0. The molecule has 0 spiro atoms. The quantitative estimate of drug-likeness (QED) is 0.817. The zero-order chi connectivity index (χ0) is 13.4. The molecule has 1 fully saturated rings. The van der Waals surface area contributed by atoms with Gasteiger partial charge in [0, 0.05) is 17.0 Å². The van der Waals surface area contributed by atoms with Gasteiger partial charge in [0.25, 0.3) is 0 Å². The van der Waals surface area contributed by atoms with Gasteiger partial charge in [0.05, 0.1) is 0 Å². The molecule has 1 aromatic rings. The van der Waals surface area contributed by atoms with Crippen molar-refractivity contribution < 1.29 is 0 Å². The van der Waals surface area contributed by atoms with Crippen molar-refractivity contribution in [1.82, 2.24) is 9.97 Å². The van der Waals surface area contributed by atoms with Gasteiger partial charge in [-0.3, -0.25) is 0 Å². The molecule has 1 saturated carbocycles. The zero-order valence-corrected chi connectivity index (χ0v) is 12.4. The number of nitrogens with zero attached hydrogens (tertiary/aromatic N) is 2. The highest BCUT2D eigenvalue weighted by Crippen LogP contribution is 2.33. The van der Waals surface area contributed by atoms with Gasteiger partial charge in [0.15, 0.2) is 0 Å². The van der Waals surface area contributed by atoms with Crippen LogP contribution >= 0.6 is 11.6 Å². The molecule has 1 N–H and O–H groups in total. The Morgan fingerprint density at radius 3 is 2.39 bits per heavy atom. The molecule has 4 heteroatoms. The van der Waals surface area contributed by atoms with Crippen molar-refractivity contribution >= 4 is 17.4 Å². The summed E-state index contributed by atoms with van der Waals surface area (Å²) in [4.78, 5) is 8.92. The maximum Gasteiger partial charge on any atom is 0.137 e. The Morgan fingerprint density at radius 1 is 1.22 bits per heavy atom. The van der Waals surface area contributed by atoms with Crippen LogP contribution in [0.25, 0.3) is 0 Å². The van der Waals surface area contributed by atoms with E-state index in [9.17, 15) is 0 Å². The fourth-order valence-electron chi connectivity index (χ4n) is 2.41. The second-order valence-electron chi connectivity index (χ2n) is 6.54. The molecule has 3 nitrogen and oxygen atoms in total. The van der Waals surface area contributed by atoms with E-state index < -0.39 is 0 Å². The highest BCUT2D eigenvalue weighted by Gasteiger charge is 2.29. The molecule has 1 aliphatic carbocycles. The third-order valence-corrected chi connectivity index (χ3v) is 3.70. The molecular formula is C14H22ClN3. The molecule has 18 heavy (non-hydrogen) atoms. The summed E-state index contributed by atoms with van der Waals surface area (Å²) in [5, 5.41) is 4.05. The van der Waals surface area contributed by atoms with Crippen LogP contribution in [0.15, 0.2) is 6.07 Å². The Balaban J connectivity index is 2.25. The molecule has 1 heterocycles. The third-order valence-electron chi connectivity index (χ3n) is 3.50. The second kappa shape index (κ2) is 4.69. The van der Waals surface area contributed by atoms with Crippen LogP contribution in [-0.4, -0.2) is 15.5 Å². The summed E-state index contributed by atoms with van der Waals surface area (Å²) in [5.74, 6) is 1.64. The molecule has 2 rings (SSSR count). The Labute approximate surface area is 114 Å². The van der Waals surface area contributed by atoms with Crippen molar-refractivity contribution in [3.05, 3.63) is 17.0 Å². The molecule has 100 valence electrons. The lowest BCUT2D eigenvalue weighted by molar-refractivity contribution is 0.521. The number of hydrogen-bond acceptors (Lipinski definition) is 3. The fraction of sp³-hybridized carbons (Fsp3) is 0.714. The predicted octanol–water partition coefficient (Wildman–Crippen LogP) is 4.17. The van der Waals surface area contributed by atoms with Crippen LogP contribution in [0.2, 0.25) is 5.15 Å². The molecule has 1 aliphatic rings. The van der Waals surface area contributed by atoms with E-state index in [1.165, 1.54) is 25.7 Å². The smallest absolute Gasteiger partial charge is 0.137 e. The van der Waals surface area contributed by atoms with Gasteiger partial charge in [-0.15, -0.1) is 0 Å². The molecule has 0 amide bonds. The summed E-state index contributed by atoms with van der Waals surface area (Å²) in [6.07, 6.45) is 4.96. The first-order valence-electron chi connectivity index (χ1n) is 6.62. The van der Waals surface area contributed by atoms with E-state index in [-0.39, 0.29) is 11.0 Å². The zero-order valence-electron chi connectivity index (χ0n) is 11.7. The molecular weight excluding hydrogens is 246 g/mol. The maximum absolute atomic E-state index is 6.10. The van der Waals surface area contributed by atoms with Gasteiger partial charge in [-0.2, -0.15) is 0 Å². The largest absolute Gasteiger partial charge is 0.365 e. The number of hydrogen-bond donors (Lipinski definition) is 1. The van der Waals surface area contributed by atoms with Crippen LogP contribution in [0, 0.1) is 0 Å². The average Bonchev–Trinajstić information content (AvgIpc) is 2.62. The van der Waals surface area contributed by atoms with E-state index in [1.54, 1.807) is 0 Å². The molecule has 0 bridgehead atoms. The average molecular weight is 268 g/mol. The normalized spacial score (nSPS) is 18.9. The molecule has 0 aliphatic heterocycles. The Hall–Kier alpha value is -0.830. The Kier molecular flexibility index (Phi) is 3.54. The highest BCUT2D eigenvalue weighted by molar-refractivity contribution is 6.29. The Morgan fingerprint density at radius 2 is 1.83 bits per heavy atom. The molecule has 0 radical (unpaired) electrons. The minimum atomic E-state index is -0.0854. The van der Waals surface area contributed by atoms with Crippen molar-refractivity contribution in [2.24, 2.45) is 0 Å². The van der Waals surface area contributed by atoms with Gasteiger partial charge < -0.3 is 5.32 Å². The van der Waals surface area contributed by atoms with E-state index in [0.29, 0.717) is 5.15 Å². The number of nitrogens with one attached hydrogen (secondary N) is 1. The maximum atomic E-state index is 6.10. The summed E-state index contributed by atoms with van der Waals surface area (Å²) in [5.41, 5.74) is 0.0742. The van der Waals surface area contributed by atoms with Gasteiger partial charge in [-0.05, 0) is 19.8 Å². The van der Waals surface area contributed by atoms with Gasteiger partial charge in [0.1, 0.15) is 16.8 Å². The second-order valence-corrected chi connectivity index (χ2v) is 6.93. The summed E-state index contributed by atoms with van der Waals surface area (Å²) in [6.45, 7) is 8.55. The van der Waals surface area contributed by atoms with Gasteiger partial charge >= 0.3 is 0 Å². The first-order valence-corrected chi connectivity index (χ1v) is 7.00. The van der Waals surface area contributed by atoms with E-state index >= 15 is 0 Å². The summed E-state index contributed by atoms with van der Waals surface area (Å²) >= 11 is 6.10. The fourth-order valence-corrected chi connectivity index (χ4v) is 2.59. The Bertz CT molecular complexity index is 431. The number of rotatable bonds is 2. The van der Waals surface area contributed by atoms with Gasteiger partial charge in [0.2, 0.25) is 0 Å². The van der Waals surface area contributed by atoms with Gasteiger partial charge in [-0.25, -0.2) is 9.97 Å². The summed E-state index contributed by atoms with van der Waals surface area (Å²) in [6, 6.07) is 1.82. The van der Waals surface area contributed by atoms with Crippen LogP contribution in [0.5, 0.6) is 0 Å². The lowest BCUT2D eigenvalue weighted by Gasteiger charge is -2.27. The molecule has 0 saturated heterocycles. The monoisotopic (exact) mass is 267 g/mol. The lowest BCUT2D eigenvalue weighted by atomic mass is 9.95. The number of anilines is 1. The molecule has 0 aromatic carbocycles. The molecule has 0 unspecified atom stereocenters. The molecule has 0 atom stereocenters. The van der Waals surface area contributed by atoms with Crippen LogP contribution < -0.4 is 5.32 Å². The first kappa shape index (κ1) is 13.6. The minimum Gasteiger partial charge on any atom is -0.365 e. The topological polar surface area (TPSA) is 37.8 Å². The molecule has 1 aromatic heterocycles. The van der Waals surface area contributed by atoms with E-state index in [2.05, 4.69) is 43.0 Å². The van der Waals surface area contributed by atoms with Crippen LogP contribution in [0.1, 0.15) is 59.2 Å².